The molecule has 2 rings (SSSR count). The second-order valence-corrected chi connectivity index (χ2v) is 7.23. The van der Waals surface area contributed by atoms with Crippen molar-refractivity contribution in [2.24, 2.45) is 0 Å². The van der Waals surface area contributed by atoms with E-state index in [9.17, 15) is 4.79 Å². The van der Waals surface area contributed by atoms with E-state index in [2.05, 4.69) is 26.8 Å². The Hall–Kier alpha value is -2.69. The van der Waals surface area contributed by atoms with E-state index in [0.29, 0.717) is 22.5 Å². The van der Waals surface area contributed by atoms with Crippen LogP contribution in [0, 0.1) is 0 Å². The zero-order valence-corrected chi connectivity index (χ0v) is 17.6. The first-order valence-corrected chi connectivity index (χ1v) is 9.55. The van der Waals surface area contributed by atoms with Crippen molar-refractivity contribution in [3.05, 3.63) is 51.9 Å². The Balaban J connectivity index is 2.34. The maximum atomic E-state index is 12.5. The largest absolute Gasteiger partial charge is 0.496 e. The minimum absolute atomic E-state index is 0.0686. The molecule has 1 aromatic heterocycles. The molecule has 5 heteroatoms. The van der Waals surface area contributed by atoms with Crippen LogP contribution in [0.25, 0.3) is 11.0 Å². The van der Waals surface area contributed by atoms with Crippen LogP contribution in [0.1, 0.15) is 47.5 Å². The lowest BCUT2D eigenvalue weighted by atomic mass is 10.1. The molecule has 0 radical (unpaired) electrons. The van der Waals surface area contributed by atoms with Gasteiger partial charge in [-0.3, -0.25) is 0 Å². The van der Waals surface area contributed by atoms with Gasteiger partial charge in [0.2, 0.25) is 5.75 Å². The molecule has 0 aliphatic heterocycles. The fourth-order valence-corrected chi connectivity index (χ4v) is 2.77. The summed E-state index contributed by atoms with van der Waals surface area (Å²) < 4.78 is 22.6. The van der Waals surface area contributed by atoms with Crippen molar-refractivity contribution in [3.8, 4) is 17.2 Å². The number of benzene rings is 1. The SMILES string of the molecule is COc1cccc2oc(=O)c(OC/C=C(\C)CCC=C(C)C)c(OC(C)C)c12. The highest BCUT2D eigenvalue weighted by Crippen LogP contribution is 2.39. The average molecular weight is 386 g/mol. The van der Waals surface area contributed by atoms with Crippen molar-refractivity contribution < 1.29 is 18.6 Å². The van der Waals surface area contributed by atoms with Gasteiger partial charge in [0.15, 0.2) is 5.75 Å². The Kier molecular flexibility index (Phi) is 7.73. The van der Waals surface area contributed by atoms with Crippen LogP contribution in [-0.4, -0.2) is 19.8 Å². The minimum atomic E-state index is -0.563. The van der Waals surface area contributed by atoms with E-state index in [1.54, 1.807) is 25.3 Å². The van der Waals surface area contributed by atoms with E-state index in [0.717, 1.165) is 12.8 Å². The van der Waals surface area contributed by atoms with E-state index in [-0.39, 0.29) is 18.5 Å². The summed E-state index contributed by atoms with van der Waals surface area (Å²) in [7, 11) is 1.57. The van der Waals surface area contributed by atoms with E-state index >= 15 is 0 Å². The number of hydrogen-bond donors (Lipinski definition) is 0. The van der Waals surface area contributed by atoms with Crippen LogP contribution < -0.4 is 19.8 Å². The first-order chi connectivity index (χ1) is 13.3. The van der Waals surface area contributed by atoms with E-state index in [1.807, 2.05) is 19.9 Å². The Morgan fingerprint density at radius 2 is 1.89 bits per heavy atom. The molecule has 0 saturated carbocycles. The number of rotatable bonds is 9. The summed E-state index contributed by atoms with van der Waals surface area (Å²) in [4.78, 5) is 12.5. The predicted molar refractivity (Wildman–Crippen MR) is 113 cm³/mol. The molecule has 0 spiro atoms. The highest BCUT2D eigenvalue weighted by atomic mass is 16.5. The summed E-state index contributed by atoms with van der Waals surface area (Å²) in [6, 6.07) is 5.28. The van der Waals surface area contributed by atoms with Crippen LogP contribution in [-0.2, 0) is 0 Å². The molecule has 0 fully saturated rings. The first-order valence-electron chi connectivity index (χ1n) is 9.55. The number of fused-ring (bicyclic) bond motifs is 1. The Bertz CT molecular complexity index is 914. The molecule has 1 aromatic carbocycles. The summed E-state index contributed by atoms with van der Waals surface area (Å²) in [5, 5.41) is 0.595. The van der Waals surface area contributed by atoms with Crippen molar-refractivity contribution >= 4 is 11.0 Å². The van der Waals surface area contributed by atoms with Gasteiger partial charge < -0.3 is 18.6 Å². The Morgan fingerprint density at radius 3 is 2.54 bits per heavy atom. The zero-order valence-electron chi connectivity index (χ0n) is 17.6. The van der Waals surface area contributed by atoms with Gasteiger partial charge in [-0.2, -0.15) is 0 Å². The minimum Gasteiger partial charge on any atom is -0.496 e. The molecule has 0 amide bonds. The van der Waals surface area contributed by atoms with Crippen molar-refractivity contribution in [3.63, 3.8) is 0 Å². The molecule has 5 nitrogen and oxygen atoms in total. The maximum Gasteiger partial charge on any atom is 0.383 e. The number of methoxy groups -OCH3 is 1. The van der Waals surface area contributed by atoms with Crippen LogP contribution in [0.15, 0.2) is 50.7 Å². The molecule has 0 N–H and O–H groups in total. The maximum absolute atomic E-state index is 12.5. The number of allylic oxidation sites excluding steroid dienone is 3. The van der Waals surface area contributed by atoms with Crippen LogP contribution >= 0.6 is 0 Å². The predicted octanol–water partition coefficient (Wildman–Crippen LogP) is 5.66. The molecule has 2 aromatic rings. The fraction of sp³-hybridized carbons (Fsp3) is 0.435. The average Bonchev–Trinajstić information content (AvgIpc) is 2.62. The molecule has 0 aliphatic rings. The topological polar surface area (TPSA) is 57.9 Å². The van der Waals surface area contributed by atoms with Gasteiger partial charge in [0.05, 0.1) is 13.2 Å². The molecule has 0 atom stereocenters. The summed E-state index contributed by atoms with van der Waals surface area (Å²) >= 11 is 0. The lowest BCUT2D eigenvalue weighted by molar-refractivity contribution is 0.223. The molecule has 0 aliphatic carbocycles. The number of hydrogen-bond acceptors (Lipinski definition) is 5. The molecule has 28 heavy (non-hydrogen) atoms. The highest BCUT2D eigenvalue weighted by Gasteiger charge is 2.21. The van der Waals surface area contributed by atoms with Gasteiger partial charge in [-0.15, -0.1) is 0 Å². The summed E-state index contributed by atoms with van der Waals surface area (Å²) in [5.41, 5.74) is 2.35. The molecule has 0 bridgehead atoms. The monoisotopic (exact) mass is 386 g/mol. The first kappa shape index (κ1) is 21.6. The normalized spacial score (nSPS) is 11.6. The zero-order chi connectivity index (χ0) is 20.7. The molecule has 152 valence electrons. The molecular weight excluding hydrogens is 356 g/mol. The van der Waals surface area contributed by atoms with Gasteiger partial charge >= 0.3 is 5.63 Å². The van der Waals surface area contributed by atoms with Crippen molar-refractivity contribution in [2.45, 2.75) is 53.6 Å². The molecular formula is C23H30O5. The van der Waals surface area contributed by atoms with Gasteiger partial charge in [-0.05, 0) is 65.7 Å². The summed E-state index contributed by atoms with van der Waals surface area (Å²) in [6.45, 7) is 10.3. The van der Waals surface area contributed by atoms with Crippen LogP contribution in [0.3, 0.4) is 0 Å². The molecule has 0 unspecified atom stereocenters. The van der Waals surface area contributed by atoms with Gasteiger partial charge in [0.1, 0.15) is 23.3 Å². The third-order valence-corrected chi connectivity index (χ3v) is 4.13. The van der Waals surface area contributed by atoms with Gasteiger partial charge in [0, 0.05) is 0 Å². The highest BCUT2D eigenvalue weighted by molar-refractivity contribution is 5.91. The van der Waals surface area contributed by atoms with Crippen molar-refractivity contribution in [1.82, 2.24) is 0 Å². The van der Waals surface area contributed by atoms with Crippen molar-refractivity contribution in [1.29, 1.82) is 0 Å². The summed E-state index contributed by atoms with van der Waals surface area (Å²) in [6.07, 6.45) is 5.98. The van der Waals surface area contributed by atoms with E-state index in [4.69, 9.17) is 18.6 Å². The van der Waals surface area contributed by atoms with Gasteiger partial charge in [0.25, 0.3) is 0 Å². The standard InChI is InChI=1S/C23H30O5/c1-15(2)9-7-10-17(5)13-14-26-22-21(27-16(3)4)20-18(25-6)11-8-12-19(20)28-23(22)24/h8-9,11-13,16H,7,10,14H2,1-6H3/b17-13+. The lowest BCUT2D eigenvalue weighted by Crippen LogP contribution is -2.14. The molecule has 0 saturated heterocycles. The van der Waals surface area contributed by atoms with Crippen LogP contribution in [0.2, 0.25) is 0 Å². The second-order valence-electron chi connectivity index (χ2n) is 7.23. The van der Waals surface area contributed by atoms with Crippen molar-refractivity contribution in [2.75, 3.05) is 13.7 Å². The van der Waals surface area contributed by atoms with Gasteiger partial charge in [-0.1, -0.05) is 23.3 Å². The fourth-order valence-electron chi connectivity index (χ4n) is 2.77. The summed E-state index contributed by atoms with van der Waals surface area (Å²) in [5.74, 6) is 0.989. The van der Waals surface area contributed by atoms with E-state index in [1.165, 1.54) is 11.1 Å². The second kappa shape index (κ2) is 10.0. The Labute approximate surface area is 166 Å². The third kappa shape index (κ3) is 5.65. The van der Waals surface area contributed by atoms with E-state index < -0.39 is 5.63 Å². The Morgan fingerprint density at radius 1 is 1.14 bits per heavy atom. The van der Waals surface area contributed by atoms with Gasteiger partial charge in [-0.25, -0.2) is 4.79 Å². The third-order valence-electron chi connectivity index (χ3n) is 4.13. The van der Waals surface area contributed by atoms with Crippen LogP contribution in [0.5, 0.6) is 17.2 Å². The smallest absolute Gasteiger partial charge is 0.383 e. The van der Waals surface area contributed by atoms with Crippen LogP contribution in [0.4, 0.5) is 0 Å². The number of ether oxygens (including phenoxy) is 3. The lowest BCUT2D eigenvalue weighted by Gasteiger charge is -2.17. The quantitative estimate of drug-likeness (QED) is 0.411. The molecule has 1 heterocycles.